The quantitative estimate of drug-likeness (QED) is 0.736. The van der Waals surface area contributed by atoms with Gasteiger partial charge in [-0.25, -0.2) is 8.42 Å². The fourth-order valence-corrected chi connectivity index (χ4v) is 6.25. The molecule has 6 nitrogen and oxygen atoms in total. The van der Waals surface area contributed by atoms with Crippen molar-refractivity contribution in [3.8, 4) is 0 Å². The van der Waals surface area contributed by atoms with Crippen LogP contribution < -0.4 is 0 Å². The average molecular weight is 420 g/mol. The van der Waals surface area contributed by atoms with Gasteiger partial charge < -0.3 is 4.90 Å². The average Bonchev–Trinajstić information content (AvgIpc) is 3.52. The van der Waals surface area contributed by atoms with Gasteiger partial charge in [-0.1, -0.05) is 12.5 Å². The molecule has 1 saturated carbocycles. The molecule has 0 bridgehead atoms. The van der Waals surface area contributed by atoms with E-state index in [1.807, 2.05) is 18.7 Å². The maximum atomic E-state index is 13.2. The Morgan fingerprint density at radius 3 is 2.41 bits per heavy atom. The first-order valence-electron chi connectivity index (χ1n) is 11.0. The maximum Gasteiger partial charge on any atom is 0.254 e. The number of hydrogen-bond donors (Lipinski definition) is 0. The molecule has 2 aliphatic heterocycles. The number of piperazine rings is 1. The number of rotatable bonds is 5. The zero-order valence-electron chi connectivity index (χ0n) is 17.6. The summed E-state index contributed by atoms with van der Waals surface area (Å²) in [5, 5.41) is 0. The number of carbonyl (C=O) groups excluding carboxylic acids is 1. The van der Waals surface area contributed by atoms with Crippen molar-refractivity contribution >= 4 is 15.9 Å². The van der Waals surface area contributed by atoms with E-state index in [-0.39, 0.29) is 16.8 Å². The molecule has 1 atom stereocenters. The summed E-state index contributed by atoms with van der Waals surface area (Å²) in [6, 6.07) is 5.04. The molecule has 7 heteroatoms. The zero-order valence-corrected chi connectivity index (χ0v) is 18.5. The van der Waals surface area contributed by atoms with Crippen LogP contribution in [0.2, 0.25) is 0 Å². The lowest BCUT2D eigenvalue weighted by Gasteiger charge is -2.35. The molecule has 29 heavy (non-hydrogen) atoms. The van der Waals surface area contributed by atoms with Crippen LogP contribution in [0, 0.1) is 12.8 Å². The van der Waals surface area contributed by atoms with Crippen LogP contribution in [-0.4, -0.2) is 73.7 Å². The van der Waals surface area contributed by atoms with Gasteiger partial charge in [0.1, 0.15) is 0 Å². The predicted octanol–water partition coefficient (Wildman–Crippen LogP) is 2.73. The largest absolute Gasteiger partial charge is 0.336 e. The molecule has 1 aromatic rings. The summed E-state index contributed by atoms with van der Waals surface area (Å²) < 4.78 is 28.0. The van der Waals surface area contributed by atoms with Crippen molar-refractivity contribution in [2.24, 2.45) is 5.92 Å². The van der Waals surface area contributed by atoms with E-state index in [4.69, 9.17) is 0 Å². The van der Waals surface area contributed by atoms with Crippen LogP contribution >= 0.6 is 0 Å². The molecule has 1 amide bonds. The molecular weight excluding hydrogens is 386 g/mol. The van der Waals surface area contributed by atoms with Crippen LogP contribution in [0.15, 0.2) is 23.1 Å². The van der Waals surface area contributed by atoms with E-state index in [1.54, 1.807) is 22.5 Å². The highest BCUT2D eigenvalue weighted by Gasteiger charge is 2.32. The van der Waals surface area contributed by atoms with Crippen molar-refractivity contribution < 1.29 is 13.2 Å². The maximum absolute atomic E-state index is 13.2. The fraction of sp³-hybridized carbons (Fsp3) is 0.682. The number of sulfonamides is 1. The highest BCUT2D eigenvalue weighted by molar-refractivity contribution is 7.89. The number of nitrogens with zero attached hydrogens (tertiary/aromatic N) is 3. The van der Waals surface area contributed by atoms with Gasteiger partial charge in [0.15, 0.2) is 0 Å². The Kier molecular flexibility index (Phi) is 6.00. The van der Waals surface area contributed by atoms with Crippen molar-refractivity contribution in [3.63, 3.8) is 0 Å². The standard InChI is InChI=1S/C22H33N3O3S/c1-17-6-9-20(29(27,28)25-10-4-3-5-18(25)2)15-21(17)22(26)24-13-11-23(12-14-24)16-19-7-8-19/h6,9,15,18-19H,3-5,7-8,10-14,16H2,1-2H3. The number of amides is 1. The summed E-state index contributed by atoms with van der Waals surface area (Å²) in [5.41, 5.74) is 1.35. The summed E-state index contributed by atoms with van der Waals surface area (Å²) >= 11 is 0. The van der Waals surface area contributed by atoms with Gasteiger partial charge in [0, 0.05) is 50.9 Å². The Hall–Kier alpha value is -1.44. The second-order valence-electron chi connectivity index (χ2n) is 8.97. The highest BCUT2D eigenvalue weighted by Crippen LogP contribution is 2.30. The summed E-state index contributed by atoms with van der Waals surface area (Å²) in [5.74, 6) is 0.816. The Morgan fingerprint density at radius 2 is 1.76 bits per heavy atom. The summed E-state index contributed by atoms with van der Waals surface area (Å²) in [4.78, 5) is 17.8. The third-order valence-corrected chi connectivity index (χ3v) is 8.67. The first-order chi connectivity index (χ1) is 13.9. The Labute approximate surface area is 174 Å². The van der Waals surface area contributed by atoms with Crippen LogP contribution in [0.25, 0.3) is 0 Å². The van der Waals surface area contributed by atoms with Gasteiger partial charge in [0.05, 0.1) is 4.90 Å². The van der Waals surface area contributed by atoms with Gasteiger partial charge in [-0.15, -0.1) is 0 Å². The summed E-state index contributed by atoms with van der Waals surface area (Å²) in [6.45, 7) is 8.81. The number of hydrogen-bond acceptors (Lipinski definition) is 4. The summed E-state index contributed by atoms with van der Waals surface area (Å²) in [6.07, 6.45) is 5.54. The van der Waals surface area contributed by atoms with E-state index in [0.717, 1.165) is 50.4 Å². The lowest BCUT2D eigenvalue weighted by atomic mass is 10.1. The molecule has 0 aromatic heterocycles. The van der Waals surface area contributed by atoms with E-state index in [2.05, 4.69) is 4.90 Å². The van der Waals surface area contributed by atoms with Crippen LogP contribution in [0.4, 0.5) is 0 Å². The topological polar surface area (TPSA) is 60.9 Å². The number of aryl methyl sites for hydroxylation is 1. The van der Waals surface area contributed by atoms with Crippen molar-refractivity contribution in [2.75, 3.05) is 39.3 Å². The zero-order chi connectivity index (χ0) is 20.6. The Bertz CT molecular complexity index is 858. The van der Waals surface area contributed by atoms with Gasteiger partial charge in [0.25, 0.3) is 5.91 Å². The van der Waals surface area contributed by atoms with E-state index in [1.165, 1.54) is 12.8 Å². The third-order valence-electron chi connectivity index (χ3n) is 6.66. The molecule has 1 unspecified atom stereocenters. The molecule has 0 spiro atoms. The normalized spacial score (nSPS) is 24.6. The molecule has 160 valence electrons. The van der Waals surface area contributed by atoms with E-state index in [0.29, 0.717) is 25.2 Å². The summed E-state index contributed by atoms with van der Waals surface area (Å²) in [7, 11) is -3.58. The number of carbonyl (C=O) groups is 1. The molecular formula is C22H33N3O3S. The van der Waals surface area contributed by atoms with Gasteiger partial charge in [-0.05, 0) is 63.1 Å². The minimum absolute atomic E-state index is 0.00810. The number of benzene rings is 1. The van der Waals surface area contributed by atoms with Gasteiger partial charge in [-0.3, -0.25) is 9.69 Å². The molecule has 2 saturated heterocycles. The second-order valence-corrected chi connectivity index (χ2v) is 10.9. The molecule has 0 radical (unpaired) electrons. The lowest BCUT2D eigenvalue weighted by Crippen LogP contribution is -2.49. The minimum Gasteiger partial charge on any atom is -0.336 e. The highest BCUT2D eigenvalue weighted by atomic mass is 32.2. The first kappa shape index (κ1) is 20.8. The molecule has 0 N–H and O–H groups in total. The van der Waals surface area contributed by atoms with Crippen molar-refractivity contribution in [2.45, 2.75) is 56.9 Å². The molecule has 3 aliphatic rings. The molecule has 4 rings (SSSR count). The first-order valence-corrected chi connectivity index (χ1v) is 12.4. The Balaban J connectivity index is 1.50. The van der Waals surface area contributed by atoms with Gasteiger partial charge in [0.2, 0.25) is 10.0 Å². The smallest absolute Gasteiger partial charge is 0.254 e. The third kappa shape index (κ3) is 4.52. The number of piperidine rings is 1. The molecule has 2 heterocycles. The van der Waals surface area contributed by atoms with Gasteiger partial charge in [-0.2, -0.15) is 4.31 Å². The predicted molar refractivity (Wildman–Crippen MR) is 113 cm³/mol. The van der Waals surface area contributed by atoms with E-state index in [9.17, 15) is 13.2 Å². The fourth-order valence-electron chi connectivity index (χ4n) is 4.53. The van der Waals surface area contributed by atoms with Crippen molar-refractivity contribution in [1.29, 1.82) is 0 Å². The monoisotopic (exact) mass is 419 g/mol. The van der Waals surface area contributed by atoms with E-state index < -0.39 is 10.0 Å². The van der Waals surface area contributed by atoms with E-state index >= 15 is 0 Å². The Morgan fingerprint density at radius 1 is 1.03 bits per heavy atom. The minimum atomic E-state index is -3.58. The molecule has 1 aliphatic carbocycles. The van der Waals surface area contributed by atoms with Crippen molar-refractivity contribution in [3.05, 3.63) is 29.3 Å². The van der Waals surface area contributed by atoms with Crippen LogP contribution in [0.3, 0.4) is 0 Å². The lowest BCUT2D eigenvalue weighted by molar-refractivity contribution is 0.0631. The second kappa shape index (κ2) is 8.36. The van der Waals surface area contributed by atoms with Crippen LogP contribution in [0.5, 0.6) is 0 Å². The van der Waals surface area contributed by atoms with Crippen molar-refractivity contribution in [1.82, 2.24) is 14.1 Å². The van der Waals surface area contributed by atoms with Crippen LogP contribution in [-0.2, 0) is 10.0 Å². The molecule has 1 aromatic carbocycles. The molecule has 3 fully saturated rings. The van der Waals surface area contributed by atoms with Crippen LogP contribution in [0.1, 0.15) is 54.9 Å². The van der Waals surface area contributed by atoms with Gasteiger partial charge >= 0.3 is 0 Å². The SMILES string of the molecule is Cc1ccc(S(=O)(=O)N2CCCCC2C)cc1C(=O)N1CCN(CC2CC2)CC1.